The first kappa shape index (κ1) is 77.8. The number of aliphatic hydroxyl groups is 2. The normalized spacial score (nSPS) is 21.9. The molecule has 19 N–H and O–H groups in total. The second kappa shape index (κ2) is 40.5. The summed E-state index contributed by atoms with van der Waals surface area (Å²) in [4.78, 5) is 165. The summed E-state index contributed by atoms with van der Waals surface area (Å²) in [6.45, 7) is 4.18. The van der Waals surface area contributed by atoms with Crippen LogP contribution < -0.4 is 65.5 Å². The van der Waals surface area contributed by atoms with Gasteiger partial charge >= 0.3 is 0 Å². The summed E-state index contributed by atoms with van der Waals surface area (Å²) in [5.41, 5.74) is 25.3. The molecule has 1 aromatic heterocycles. The highest BCUT2D eigenvalue weighted by Gasteiger charge is 2.37. The average Bonchev–Trinajstić information content (AvgIpc) is 1.17. The minimum absolute atomic E-state index is 0.00214. The van der Waals surface area contributed by atoms with Gasteiger partial charge in [-0.3, -0.25) is 72.3 Å². The van der Waals surface area contributed by atoms with Crippen LogP contribution in [0, 0.1) is 0 Å². The molecule has 0 bridgehead atoms. The van der Waals surface area contributed by atoms with Crippen LogP contribution in [0.3, 0.4) is 0 Å². The highest BCUT2D eigenvalue weighted by molar-refractivity contribution is 8.76. The zero-order valence-electron chi connectivity index (χ0n) is 54.9. The van der Waals surface area contributed by atoms with E-state index in [0.717, 1.165) is 32.5 Å². The van der Waals surface area contributed by atoms with Gasteiger partial charge in [0.2, 0.25) is 65.0 Å². The van der Waals surface area contributed by atoms with Crippen molar-refractivity contribution in [2.24, 2.45) is 22.9 Å². The first-order valence-corrected chi connectivity index (χ1v) is 35.0. The molecule has 6 rings (SSSR count). The molecule has 30 nitrogen and oxygen atoms in total. The molecular weight excluding hydrogens is 1290 g/mol. The zero-order chi connectivity index (χ0) is 70.4. The van der Waals surface area contributed by atoms with Crippen LogP contribution in [0.1, 0.15) is 56.2 Å². The number of unbranched alkanes of at least 4 members (excludes halogenated alkanes) is 1. The molecule has 3 heterocycles. The average molecular weight is 1390 g/mol. The topological polar surface area (TPSA) is 457 Å². The van der Waals surface area contributed by atoms with Crippen LogP contribution in [0.15, 0.2) is 91.1 Å². The lowest BCUT2D eigenvalue weighted by atomic mass is 10.0. The minimum Gasteiger partial charge on any atom is -0.394 e. The van der Waals surface area contributed by atoms with Crippen molar-refractivity contribution in [3.63, 3.8) is 0 Å². The minimum atomic E-state index is -1.69. The fourth-order valence-electron chi connectivity index (χ4n) is 11.1. The smallest absolute Gasteiger partial charge is 0.245 e. The molecule has 0 aliphatic carbocycles. The number of hydrogen-bond acceptors (Lipinski definition) is 20. The molecule has 4 aromatic rings. The number of carbonyl (C=O) groups is 11. The first-order chi connectivity index (χ1) is 46.5. The second-order valence-electron chi connectivity index (χ2n) is 24.2. The Morgan fingerprint density at radius 3 is 1.65 bits per heavy atom. The molecule has 3 aromatic carbocycles. The number of rotatable bonds is 26. The maximum Gasteiger partial charge on any atom is 0.245 e. The van der Waals surface area contributed by atoms with Crippen molar-refractivity contribution in [2.75, 3.05) is 103 Å². The number of nitrogens with zero attached hydrogens (tertiary/aromatic N) is 4. The summed E-state index contributed by atoms with van der Waals surface area (Å²) in [7, 11) is 2.01. The summed E-state index contributed by atoms with van der Waals surface area (Å²) >= 11 is 0. The van der Waals surface area contributed by atoms with Crippen molar-refractivity contribution < 1.29 is 63.0 Å². The maximum atomic E-state index is 15.3. The van der Waals surface area contributed by atoms with Crippen LogP contribution in [0.4, 0.5) is 0 Å². The summed E-state index contributed by atoms with van der Waals surface area (Å²) in [6.07, 6.45) is 0.832. The fourth-order valence-corrected chi connectivity index (χ4v) is 13.4. The molecule has 32 heteroatoms. The van der Waals surface area contributed by atoms with Crippen molar-refractivity contribution in [1.82, 2.24) is 67.1 Å². The van der Waals surface area contributed by atoms with E-state index in [-0.39, 0.29) is 109 Å². The lowest BCUT2D eigenvalue weighted by Gasteiger charge is -2.33. The van der Waals surface area contributed by atoms with Gasteiger partial charge < -0.3 is 80.7 Å². The summed E-state index contributed by atoms with van der Waals surface area (Å²) in [5.74, 6) is -8.82. The Hall–Kier alpha value is -8.21. The Kier molecular flexibility index (Phi) is 32.5. The number of H-pyrrole nitrogens is 1. The SMILES string of the molecule is CC[C@@H](CO)NC(=O)[C@@H]1CSSC[C@H](NC(=O)[C@@H](Cc2ccccc2)NC(=O)CN2CCN(CC(N)=O)CCN(CC(N)=O)CCN(CC(N)=O)CC2)C(=O)N[C@@H](Cc2ccccc2)C(=O)N[C@H](Cc2c[nH]c3ccccc23)C(=O)N[C@@H](CCCCN)C(=O)N[C@@H]([C@@H](C)O)C(=O)N1. The molecule has 0 radical (unpaired) electrons. The van der Waals surface area contributed by atoms with E-state index in [4.69, 9.17) is 22.9 Å². The van der Waals surface area contributed by atoms with E-state index in [2.05, 4.69) is 47.5 Å². The predicted molar refractivity (Wildman–Crippen MR) is 368 cm³/mol. The molecule has 9 atom stereocenters. The number of nitrogens with one attached hydrogen (secondary N) is 9. The van der Waals surface area contributed by atoms with Crippen molar-refractivity contribution in [1.29, 1.82) is 0 Å². The molecule has 2 aliphatic rings. The molecular formula is C65H95N17O13S2. The summed E-state index contributed by atoms with van der Waals surface area (Å²) in [6, 6.07) is 13.8. The lowest BCUT2D eigenvalue weighted by molar-refractivity contribution is -0.136. The number of hydrogen-bond donors (Lipinski definition) is 15. The Morgan fingerprint density at radius 2 is 1.10 bits per heavy atom. The van der Waals surface area contributed by atoms with Gasteiger partial charge in [0.15, 0.2) is 0 Å². The maximum absolute atomic E-state index is 15.3. The fraction of sp³-hybridized carbons (Fsp3) is 0.523. The quantitative estimate of drug-likeness (QED) is 0.0211. The number of aromatic nitrogens is 1. The third kappa shape index (κ3) is 26.6. The van der Waals surface area contributed by atoms with Crippen LogP contribution in [0.25, 0.3) is 10.9 Å². The third-order valence-electron chi connectivity index (χ3n) is 16.5. The number of benzene rings is 3. The number of primary amides is 3. The van der Waals surface area contributed by atoms with E-state index in [1.165, 1.54) is 6.92 Å². The van der Waals surface area contributed by atoms with Gasteiger partial charge in [0.1, 0.15) is 42.3 Å². The third-order valence-corrected chi connectivity index (χ3v) is 19.0. The molecule has 2 fully saturated rings. The molecule has 97 heavy (non-hydrogen) atoms. The van der Waals surface area contributed by atoms with Gasteiger partial charge in [-0.2, -0.15) is 0 Å². The van der Waals surface area contributed by atoms with Gasteiger partial charge in [0, 0.05) is 100 Å². The molecule has 2 aliphatic heterocycles. The van der Waals surface area contributed by atoms with Crippen LogP contribution in [0.5, 0.6) is 0 Å². The van der Waals surface area contributed by atoms with Crippen LogP contribution in [-0.4, -0.2) is 257 Å². The molecule has 0 saturated carbocycles. The van der Waals surface area contributed by atoms with E-state index >= 15 is 14.4 Å². The predicted octanol–water partition coefficient (Wildman–Crippen LogP) is -3.94. The Morgan fingerprint density at radius 1 is 0.598 bits per heavy atom. The molecule has 0 spiro atoms. The highest BCUT2D eigenvalue weighted by atomic mass is 33.1. The summed E-state index contributed by atoms with van der Waals surface area (Å²) in [5, 5.41) is 44.1. The summed E-state index contributed by atoms with van der Waals surface area (Å²) < 4.78 is 0. The largest absolute Gasteiger partial charge is 0.394 e. The Bertz CT molecular complexity index is 3230. The van der Waals surface area contributed by atoms with Crippen molar-refractivity contribution in [3.8, 4) is 0 Å². The van der Waals surface area contributed by atoms with E-state index in [9.17, 15) is 48.6 Å². The van der Waals surface area contributed by atoms with Gasteiger partial charge in [-0.15, -0.1) is 0 Å². The number of carbonyl (C=O) groups excluding carboxylic acids is 11. The number of para-hydroxylation sites is 1. The number of amides is 11. The van der Waals surface area contributed by atoms with E-state index in [0.29, 0.717) is 49.0 Å². The monoisotopic (exact) mass is 1390 g/mol. The standard InChI is InChI=1S/C65H95N17O13S2/c1-3-45(38-83)71-63(93)52-39-96-97-40-53(76-60(90)49(30-42-14-6-4-7-15-42)72-57(88)37-82-28-26-80(35-55(68)86)24-22-79(34-54(67)85)23-25-81(27-29-82)36-56(69)87)64(94)74-50(31-43-16-8-5-9-17-43)61(91)75-51(32-44-33-70-47-19-11-10-18-46(44)47)62(92)73-48(20-12-13-21-66)59(89)78-58(41(2)84)65(95)77-52/h4-11,14-19,33,41,45,48-53,58,70,83-84H,3,12-13,20-32,34-40,66H2,1-2H3,(H2,67,85)(H2,68,86)(H2,69,87)(H,71,93)(H,72,88)(H,73,92)(H,74,94)(H,75,91)(H,76,90)(H,77,95)(H,78,89)/t41-,45+,48+,49-,50+,51-,52+,53+,58+/m1/s1. The number of nitrogens with two attached hydrogens (primary N) is 4. The zero-order valence-corrected chi connectivity index (χ0v) is 56.6. The molecule has 11 amide bonds. The number of aliphatic hydroxyl groups excluding tert-OH is 2. The molecule has 530 valence electrons. The van der Waals surface area contributed by atoms with E-state index in [1.54, 1.807) is 99.5 Å². The van der Waals surface area contributed by atoms with Gasteiger partial charge in [0.05, 0.1) is 44.9 Å². The van der Waals surface area contributed by atoms with Gasteiger partial charge in [0.25, 0.3) is 0 Å². The molecule has 2 saturated heterocycles. The first-order valence-electron chi connectivity index (χ1n) is 32.5. The molecule has 0 unspecified atom stereocenters. The van der Waals surface area contributed by atoms with E-state index < -0.39 is 126 Å². The van der Waals surface area contributed by atoms with Crippen LogP contribution in [-0.2, 0) is 72.0 Å². The highest BCUT2D eigenvalue weighted by Crippen LogP contribution is 2.25. The Labute approximate surface area is 572 Å². The van der Waals surface area contributed by atoms with Crippen LogP contribution >= 0.6 is 21.6 Å². The van der Waals surface area contributed by atoms with Crippen molar-refractivity contribution in [2.45, 2.75) is 113 Å². The van der Waals surface area contributed by atoms with Crippen molar-refractivity contribution >= 4 is 97.5 Å². The number of aromatic amines is 1. The van der Waals surface area contributed by atoms with Crippen LogP contribution in [0.2, 0.25) is 0 Å². The Balaban J connectivity index is 1.38. The second-order valence-corrected chi connectivity index (χ2v) is 26.8. The lowest BCUT2D eigenvalue weighted by Crippen LogP contribution is -2.62. The van der Waals surface area contributed by atoms with Gasteiger partial charge in [-0.05, 0) is 61.9 Å². The van der Waals surface area contributed by atoms with Gasteiger partial charge in [-0.1, -0.05) is 107 Å². The van der Waals surface area contributed by atoms with Crippen molar-refractivity contribution in [3.05, 3.63) is 108 Å². The van der Waals surface area contributed by atoms with E-state index in [1.807, 2.05) is 18.2 Å². The number of fused-ring (bicyclic) bond motifs is 1. The van der Waals surface area contributed by atoms with Gasteiger partial charge in [-0.25, -0.2) is 0 Å².